The highest BCUT2D eigenvalue weighted by molar-refractivity contribution is 6.03. The first-order chi connectivity index (χ1) is 8.68. The van der Waals surface area contributed by atoms with Crippen LogP contribution in [0.3, 0.4) is 0 Å². The second-order valence-corrected chi connectivity index (χ2v) is 5.20. The number of morpholine rings is 1. The first-order valence-corrected chi connectivity index (χ1v) is 6.40. The minimum absolute atomic E-state index is 0.201. The van der Waals surface area contributed by atoms with Crippen molar-refractivity contribution in [2.75, 3.05) is 19.8 Å². The summed E-state index contributed by atoms with van der Waals surface area (Å²) in [5.41, 5.74) is -0.781. The van der Waals surface area contributed by atoms with Crippen molar-refractivity contribution in [1.29, 1.82) is 0 Å². The summed E-state index contributed by atoms with van der Waals surface area (Å²) in [6.07, 6.45) is 1.20. The molecule has 1 N–H and O–H groups in total. The van der Waals surface area contributed by atoms with Crippen molar-refractivity contribution in [3.63, 3.8) is 0 Å². The van der Waals surface area contributed by atoms with Crippen LogP contribution >= 0.6 is 0 Å². The smallest absolute Gasteiger partial charge is 0.259 e. The molecule has 0 aromatic rings. The second-order valence-electron chi connectivity index (χ2n) is 5.20. The summed E-state index contributed by atoms with van der Waals surface area (Å²) >= 11 is 0. The van der Waals surface area contributed by atoms with Crippen LogP contribution in [0.15, 0.2) is 0 Å². The summed E-state index contributed by atoms with van der Waals surface area (Å²) in [5.74, 6) is -0.575. The minimum atomic E-state index is -0.781. The van der Waals surface area contributed by atoms with Gasteiger partial charge in [0.1, 0.15) is 12.2 Å². The van der Waals surface area contributed by atoms with Gasteiger partial charge < -0.3 is 14.6 Å². The van der Waals surface area contributed by atoms with E-state index in [-0.39, 0.29) is 18.4 Å². The molecule has 2 bridgehead atoms. The van der Waals surface area contributed by atoms with E-state index in [0.717, 1.165) is 0 Å². The van der Waals surface area contributed by atoms with Crippen LogP contribution in [-0.2, 0) is 19.1 Å². The Kier molecular flexibility index (Phi) is 2.88. The summed E-state index contributed by atoms with van der Waals surface area (Å²) in [6.45, 7) is 0.731. The van der Waals surface area contributed by atoms with Crippen molar-refractivity contribution in [1.82, 2.24) is 4.90 Å². The molecule has 0 aromatic carbocycles. The van der Waals surface area contributed by atoms with Gasteiger partial charge in [-0.15, -0.1) is 0 Å². The fourth-order valence-electron chi connectivity index (χ4n) is 3.07. The Labute approximate surface area is 105 Å². The zero-order chi connectivity index (χ0) is 12.8. The highest BCUT2D eigenvalue weighted by Crippen LogP contribution is 2.36. The molecule has 3 aliphatic rings. The fourth-order valence-corrected chi connectivity index (χ4v) is 3.07. The molecule has 2 atom stereocenters. The average molecular weight is 255 g/mol. The van der Waals surface area contributed by atoms with E-state index in [9.17, 15) is 14.7 Å². The van der Waals surface area contributed by atoms with Gasteiger partial charge in [-0.2, -0.15) is 0 Å². The van der Waals surface area contributed by atoms with E-state index >= 15 is 0 Å². The first-order valence-electron chi connectivity index (χ1n) is 6.40. The van der Waals surface area contributed by atoms with Gasteiger partial charge in [0, 0.05) is 13.2 Å². The van der Waals surface area contributed by atoms with Gasteiger partial charge in [-0.1, -0.05) is 0 Å². The van der Waals surface area contributed by atoms with Crippen LogP contribution in [-0.4, -0.2) is 59.4 Å². The number of ether oxygens (including phenoxy) is 2. The summed E-state index contributed by atoms with van der Waals surface area (Å²) in [5, 5.41) is 9.68. The molecule has 3 saturated heterocycles. The number of fused-ring (bicyclic) bond motifs is 2. The van der Waals surface area contributed by atoms with Crippen LogP contribution in [0.5, 0.6) is 0 Å². The number of aliphatic hydroxyl groups is 1. The van der Waals surface area contributed by atoms with Gasteiger partial charge in [0.15, 0.2) is 0 Å². The van der Waals surface area contributed by atoms with Crippen LogP contribution < -0.4 is 0 Å². The maximum Gasteiger partial charge on any atom is 0.259 e. The molecule has 0 spiro atoms. The lowest BCUT2D eigenvalue weighted by molar-refractivity contribution is -0.183. The molecule has 0 aliphatic carbocycles. The van der Waals surface area contributed by atoms with Crippen LogP contribution in [0.1, 0.15) is 25.7 Å². The topological polar surface area (TPSA) is 76.1 Å². The summed E-state index contributed by atoms with van der Waals surface area (Å²) in [4.78, 5) is 25.8. The van der Waals surface area contributed by atoms with Crippen LogP contribution in [0.25, 0.3) is 0 Å². The van der Waals surface area contributed by atoms with E-state index < -0.39 is 17.7 Å². The molecule has 3 rings (SSSR count). The summed E-state index contributed by atoms with van der Waals surface area (Å²) in [7, 11) is 0. The van der Waals surface area contributed by atoms with Crippen molar-refractivity contribution >= 4 is 11.8 Å². The highest BCUT2D eigenvalue weighted by Gasteiger charge is 2.54. The van der Waals surface area contributed by atoms with E-state index in [1.165, 1.54) is 4.90 Å². The molecule has 2 unspecified atom stereocenters. The van der Waals surface area contributed by atoms with Crippen LogP contribution in [0.2, 0.25) is 0 Å². The van der Waals surface area contributed by atoms with Crippen LogP contribution in [0.4, 0.5) is 0 Å². The molecule has 2 amide bonds. The molecule has 0 saturated carbocycles. The normalized spacial score (nSPS) is 35.1. The average Bonchev–Trinajstić information content (AvgIpc) is 2.85. The first kappa shape index (κ1) is 12.1. The predicted molar refractivity (Wildman–Crippen MR) is 59.6 cm³/mol. The zero-order valence-electron chi connectivity index (χ0n) is 10.1. The third kappa shape index (κ3) is 1.60. The minimum Gasteiger partial charge on any atom is -0.394 e. The second kappa shape index (κ2) is 4.29. The zero-order valence-corrected chi connectivity index (χ0v) is 10.1. The van der Waals surface area contributed by atoms with Gasteiger partial charge in [-0.05, 0) is 25.7 Å². The maximum absolute atomic E-state index is 12.3. The third-order valence-electron chi connectivity index (χ3n) is 4.20. The SMILES string of the molecule is O=C1C2CCC(O2)C(=O)N1C1(CO)CCOCC1. The quantitative estimate of drug-likeness (QED) is 0.670. The Morgan fingerprint density at radius 1 is 1.17 bits per heavy atom. The molecule has 3 heterocycles. The molecule has 18 heavy (non-hydrogen) atoms. The van der Waals surface area contributed by atoms with Crippen molar-refractivity contribution in [3.05, 3.63) is 0 Å². The lowest BCUT2D eigenvalue weighted by Crippen LogP contribution is -2.65. The van der Waals surface area contributed by atoms with E-state index in [1.54, 1.807) is 0 Å². The van der Waals surface area contributed by atoms with E-state index in [2.05, 4.69) is 0 Å². The molecule has 3 fully saturated rings. The monoisotopic (exact) mass is 255 g/mol. The molecular formula is C12H17NO5. The largest absolute Gasteiger partial charge is 0.394 e. The Bertz CT molecular complexity index is 355. The fraction of sp³-hybridized carbons (Fsp3) is 0.833. The van der Waals surface area contributed by atoms with Gasteiger partial charge in [-0.25, -0.2) is 0 Å². The van der Waals surface area contributed by atoms with Crippen molar-refractivity contribution in [2.45, 2.75) is 43.4 Å². The highest BCUT2D eigenvalue weighted by atomic mass is 16.5. The Balaban J connectivity index is 1.93. The van der Waals surface area contributed by atoms with Crippen molar-refractivity contribution in [2.24, 2.45) is 0 Å². The molecular weight excluding hydrogens is 238 g/mol. The molecule has 0 aromatic heterocycles. The number of nitrogens with zero attached hydrogens (tertiary/aromatic N) is 1. The van der Waals surface area contributed by atoms with Gasteiger partial charge in [0.2, 0.25) is 0 Å². The standard InChI is InChI=1S/C12H17NO5/c14-7-12(3-5-17-6-4-12)13-10(15)8-1-2-9(18-8)11(13)16/h8-9,14H,1-7H2. The lowest BCUT2D eigenvalue weighted by Gasteiger charge is -2.46. The summed E-state index contributed by atoms with van der Waals surface area (Å²) in [6, 6.07) is 0. The number of aliphatic hydroxyl groups excluding tert-OH is 1. The van der Waals surface area contributed by atoms with E-state index in [1.807, 2.05) is 0 Å². The molecule has 6 nitrogen and oxygen atoms in total. The van der Waals surface area contributed by atoms with Crippen molar-refractivity contribution < 1.29 is 24.2 Å². The van der Waals surface area contributed by atoms with E-state index in [4.69, 9.17) is 9.47 Å². The predicted octanol–water partition coefficient (Wildman–Crippen LogP) is -0.556. The Hall–Kier alpha value is -0.980. The lowest BCUT2D eigenvalue weighted by atomic mass is 9.87. The van der Waals surface area contributed by atoms with Crippen molar-refractivity contribution in [3.8, 4) is 0 Å². The van der Waals surface area contributed by atoms with Crippen LogP contribution in [0, 0.1) is 0 Å². The third-order valence-corrected chi connectivity index (χ3v) is 4.20. The summed E-state index contributed by atoms with van der Waals surface area (Å²) < 4.78 is 10.6. The number of rotatable bonds is 2. The van der Waals surface area contributed by atoms with Gasteiger partial charge >= 0.3 is 0 Å². The maximum atomic E-state index is 12.3. The number of hydrogen-bond acceptors (Lipinski definition) is 5. The number of imide groups is 1. The number of hydrogen-bond donors (Lipinski definition) is 1. The number of carbonyl (C=O) groups is 2. The number of carbonyl (C=O) groups excluding carboxylic acids is 2. The van der Waals surface area contributed by atoms with Gasteiger partial charge in [0.05, 0.1) is 12.1 Å². The molecule has 0 radical (unpaired) electrons. The van der Waals surface area contributed by atoms with Gasteiger partial charge in [-0.3, -0.25) is 14.5 Å². The molecule has 100 valence electrons. The Morgan fingerprint density at radius 3 is 2.22 bits per heavy atom. The molecule has 3 aliphatic heterocycles. The van der Waals surface area contributed by atoms with Gasteiger partial charge in [0.25, 0.3) is 11.8 Å². The molecule has 6 heteroatoms. The number of likely N-dealkylation sites (tertiary alicyclic amines) is 1. The Morgan fingerprint density at radius 2 is 1.72 bits per heavy atom. The van der Waals surface area contributed by atoms with E-state index in [0.29, 0.717) is 38.9 Å². The number of amides is 2.